The molecule has 3 nitrogen and oxygen atoms in total. The maximum atomic E-state index is 13.2. The molecule has 1 aromatic carbocycles. The Labute approximate surface area is 125 Å². The second-order valence-corrected chi connectivity index (χ2v) is 5.91. The Balaban J connectivity index is 1.86. The molecule has 0 N–H and O–H groups in total. The van der Waals surface area contributed by atoms with Crippen molar-refractivity contribution in [1.29, 1.82) is 0 Å². The average molecular weight is 294 g/mol. The van der Waals surface area contributed by atoms with Crippen molar-refractivity contribution in [3.63, 3.8) is 0 Å². The van der Waals surface area contributed by atoms with Gasteiger partial charge in [-0.3, -0.25) is 0 Å². The molecule has 0 radical (unpaired) electrons. The molecule has 21 heavy (non-hydrogen) atoms. The van der Waals surface area contributed by atoms with E-state index in [9.17, 15) is 4.39 Å². The second kappa shape index (κ2) is 6.03. The van der Waals surface area contributed by atoms with E-state index < -0.39 is 5.79 Å². The quantitative estimate of drug-likeness (QED) is 0.844. The molecule has 1 aromatic rings. The van der Waals surface area contributed by atoms with Crippen molar-refractivity contribution in [3.8, 4) is 0 Å². The molecular formula is C17H23FO3. The van der Waals surface area contributed by atoms with Crippen LogP contribution in [0.3, 0.4) is 0 Å². The van der Waals surface area contributed by atoms with Crippen molar-refractivity contribution in [2.24, 2.45) is 5.92 Å². The van der Waals surface area contributed by atoms with Gasteiger partial charge in [0.05, 0.1) is 0 Å². The third kappa shape index (κ3) is 2.72. The van der Waals surface area contributed by atoms with Crippen molar-refractivity contribution in [2.75, 3.05) is 13.7 Å². The maximum Gasteiger partial charge on any atom is 0.174 e. The van der Waals surface area contributed by atoms with Gasteiger partial charge in [-0.25, -0.2) is 4.39 Å². The van der Waals surface area contributed by atoms with Crippen LogP contribution in [0.15, 0.2) is 24.3 Å². The lowest BCUT2D eigenvalue weighted by atomic mass is 9.71. The molecule has 3 rings (SSSR count). The van der Waals surface area contributed by atoms with Gasteiger partial charge < -0.3 is 14.2 Å². The molecule has 4 unspecified atom stereocenters. The molecule has 0 amide bonds. The number of fused-ring (bicyclic) bond motifs is 1. The molecule has 1 aliphatic heterocycles. The van der Waals surface area contributed by atoms with Gasteiger partial charge in [0.1, 0.15) is 5.82 Å². The first kappa shape index (κ1) is 14.9. The zero-order valence-corrected chi connectivity index (χ0v) is 12.7. The Morgan fingerprint density at radius 3 is 2.76 bits per heavy atom. The van der Waals surface area contributed by atoms with Gasteiger partial charge in [0, 0.05) is 32.5 Å². The summed E-state index contributed by atoms with van der Waals surface area (Å²) in [4.78, 5) is 0. The third-order valence-electron chi connectivity index (χ3n) is 4.86. The third-order valence-corrected chi connectivity index (χ3v) is 4.86. The van der Waals surface area contributed by atoms with Crippen LogP contribution in [0.1, 0.15) is 44.1 Å². The van der Waals surface area contributed by atoms with Gasteiger partial charge >= 0.3 is 0 Å². The lowest BCUT2D eigenvalue weighted by Crippen LogP contribution is -2.43. The van der Waals surface area contributed by atoms with E-state index in [1.807, 2.05) is 19.1 Å². The second-order valence-electron chi connectivity index (χ2n) is 5.91. The molecule has 1 aliphatic carbocycles. The van der Waals surface area contributed by atoms with Gasteiger partial charge in [-0.1, -0.05) is 12.1 Å². The molecule has 1 heterocycles. The number of ether oxygens (including phenoxy) is 3. The Bertz CT molecular complexity index is 475. The van der Waals surface area contributed by atoms with Crippen LogP contribution >= 0.6 is 0 Å². The highest BCUT2D eigenvalue weighted by Crippen LogP contribution is 2.52. The van der Waals surface area contributed by atoms with Crippen LogP contribution in [0.2, 0.25) is 0 Å². The number of benzene rings is 1. The van der Waals surface area contributed by atoms with Gasteiger partial charge in [-0.15, -0.1) is 0 Å². The summed E-state index contributed by atoms with van der Waals surface area (Å²) in [5.41, 5.74) is 1.17. The van der Waals surface area contributed by atoms with Crippen molar-refractivity contribution in [1.82, 2.24) is 0 Å². The Hall–Kier alpha value is -0.970. The van der Waals surface area contributed by atoms with Crippen LogP contribution in [0.5, 0.6) is 0 Å². The Kier molecular flexibility index (Phi) is 4.29. The van der Waals surface area contributed by atoms with Crippen LogP contribution in [0.4, 0.5) is 4.39 Å². The van der Waals surface area contributed by atoms with E-state index in [0.29, 0.717) is 12.5 Å². The van der Waals surface area contributed by atoms with E-state index >= 15 is 0 Å². The van der Waals surface area contributed by atoms with Crippen LogP contribution in [0, 0.1) is 11.7 Å². The Morgan fingerprint density at radius 2 is 2.10 bits per heavy atom. The van der Waals surface area contributed by atoms with E-state index in [1.165, 1.54) is 17.7 Å². The van der Waals surface area contributed by atoms with Crippen molar-refractivity contribution < 1.29 is 18.6 Å². The first-order valence-corrected chi connectivity index (χ1v) is 7.78. The molecule has 0 aromatic heterocycles. The fraction of sp³-hybridized carbons (Fsp3) is 0.647. The minimum absolute atomic E-state index is 0.192. The predicted molar refractivity (Wildman–Crippen MR) is 77.3 cm³/mol. The van der Waals surface area contributed by atoms with Gasteiger partial charge in [0.15, 0.2) is 12.1 Å². The summed E-state index contributed by atoms with van der Waals surface area (Å²) >= 11 is 0. The fourth-order valence-electron chi connectivity index (χ4n) is 3.93. The van der Waals surface area contributed by atoms with Gasteiger partial charge in [0.25, 0.3) is 0 Å². The highest BCUT2D eigenvalue weighted by atomic mass is 19.1. The monoisotopic (exact) mass is 294 g/mol. The lowest BCUT2D eigenvalue weighted by molar-refractivity contribution is -0.282. The standard InChI is InChI=1S/C17H23FO3/c1-3-20-16-11-15-14(12-6-8-13(18)9-7-12)5-4-10-17(15,19-2)21-16/h6-9,14-16H,3-5,10-11H2,1-2H3. The molecule has 2 fully saturated rings. The molecule has 4 heteroatoms. The van der Waals surface area contributed by atoms with Gasteiger partial charge in [-0.05, 0) is 43.4 Å². The number of hydrogen-bond acceptors (Lipinski definition) is 3. The number of rotatable bonds is 4. The summed E-state index contributed by atoms with van der Waals surface area (Å²) in [7, 11) is 1.72. The van der Waals surface area contributed by atoms with E-state index in [2.05, 4.69) is 0 Å². The Morgan fingerprint density at radius 1 is 1.33 bits per heavy atom. The zero-order valence-electron chi connectivity index (χ0n) is 12.7. The molecule has 0 bridgehead atoms. The highest BCUT2D eigenvalue weighted by molar-refractivity contribution is 5.23. The van der Waals surface area contributed by atoms with Gasteiger partial charge in [0.2, 0.25) is 0 Å². The van der Waals surface area contributed by atoms with Crippen molar-refractivity contribution >= 4 is 0 Å². The molecule has 4 atom stereocenters. The normalized spacial score (nSPS) is 35.7. The smallest absolute Gasteiger partial charge is 0.174 e. The highest BCUT2D eigenvalue weighted by Gasteiger charge is 2.54. The molecular weight excluding hydrogens is 271 g/mol. The average Bonchev–Trinajstić information content (AvgIpc) is 2.87. The summed E-state index contributed by atoms with van der Waals surface area (Å²) in [6, 6.07) is 6.85. The summed E-state index contributed by atoms with van der Waals surface area (Å²) in [5, 5.41) is 0. The number of halogens is 1. The largest absolute Gasteiger partial charge is 0.353 e. The topological polar surface area (TPSA) is 27.7 Å². The lowest BCUT2D eigenvalue weighted by Gasteiger charge is -2.41. The van der Waals surface area contributed by atoms with Gasteiger partial charge in [-0.2, -0.15) is 0 Å². The molecule has 1 saturated heterocycles. The number of hydrogen-bond donors (Lipinski definition) is 0. The van der Waals surface area contributed by atoms with Crippen LogP contribution in [0.25, 0.3) is 0 Å². The summed E-state index contributed by atoms with van der Waals surface area (Å²) in [6.07, 6.45) is 3.68. The van der Waals surface area contributed by atoms with E-state index in [-0.39, 0.29) is 18.0 Å². The van der Waals surface area contributed by atoms with Crippen LogP contribution < -0.4 is 0 Å². The summed E-state index contributed by atoms with van der Waals surface area (Å²) in [5.74, 6) is -0.137. The fourth-order valence-corrected chi connectivity index (χ4v) is 3.93. The number of methoxy groups -OCH3 is 1. The SMILES string of the molecule is CCOC1CC2C(c3ccc(F)cc3)CCCC2(OC)O1. The summed E-state index contributed by atoms with van der Waals surface area (Å²) < 4.78 is 30.7. The molecule has 0 spiro atoms. The van der Waals surface area contributed by atoms with E-state index in [4.69, 9.17) is 14.2 Å². The van der Waals surface area contributed by atoms with Crippen LogP contribution in [-0.4, -0.2) is 25.8 Å². The van der Waals surface area contributed by atoms with E-state index in [1.54, 1.807) is 7.11 Å². The first-order chi connectivity index (χ1) is 10.2. The maximum absolute atomic E-state index is 13.2. The van der Waals surface area contributed by atoms with E-state index in [0.717, 1.165) is 25.7 Å². The minimum Gasteiger partial charge on any atom is -0.353 e. The summed E-state index contributed by atoms with van der Waals surface area (Å²) in [6.45, 7) is 2.61. The predicted octanol–water partition coefficient (Wildman–Crippen LogP) is 3.84. The minimum atomic E-state index is -0.545. The van der Waals surface area contributed by atoms with Crippen molar-refractivity contribution in [3.05, 3.63) is 35.6 Å². The molecule has 1 saturated carbocycles. The first-order valence-electron chi connectivity index (χ1n) is 7.78. The van der Waals surface area contributed by atoms with Crippen molar-refractivity contribution in [2.45, 2.75) is 50.6 Å². The van der Waals surface area contributed by atoms with Crippen LogP contribution in [-0.2, 0) is 14.2 Å². The molecule has 2 aliphatic rings. The molecule has 116 valence electrons. The zero-order chi connectivity index (χ0) is 14.9.